The standard InChI is InChI=1S/C11H13ClN2O3S/c1-16-10(15)5-17-9-3-2-8(12)4-7(9)6-18-11(13)14/h2-4H,5-6H2,1H3,(H3,13,14). The van der Waals surface area contributed by atoms with E-state index in [4.69, 9.17) is 27.5 Å². The summed E-state index contributed by atoms with van der Waals surface area (Å²) in [5.74, 6) is 0.514. The lowest BCUT2D eigenvalue weighted by Gasteiger charge is -2.10. The lowest BCUT2D eigenvalue weighted by atomic mass is 10.2. The third kappa shape index (κ3) is 4.85. The normalized spacial score (nSPS) is 9.89. The molecule has 0 spiro atoms. The highest BCUT2D eigenvalue weighted by Crippen LogP contribution is 2.26. The summed E-state index contributed by atoms with van der Waals surface area (Å²) in [5, 5.41) is 7.72. The molecule has 1 aromatic carbocycles. The summed E-state index contributed by atoms with van der Waals surface area (Å²) in [5.41, 5.74) is 6.04. The van der Waals surface area contributed by atoms with Gasteiger partial charge in [0.15, 0.2) is 11.8 Å². The second-order valence-electron chi connectivity index (χ2n) is 3.27. The van der Waals surface area contributed by atoms with Gasteiger partial charge in [0, 0.05) is 16.3 Å². The predicted molar refractivity (Wildman–Crippen MR) is 72.2 cm³/mol. The smallest absolute Gasteiger partial charge is 0.343 e. The van der Waals surface area contributed by atoms with Crippen LogP contribution in [0.2, 0.25) is 5.02 Å². The molecule has 0 bridgehead atoms. The fourth-order valence-electron chi connectivity index (χ4n) is 1.15. The molecule has 0 radical (unpaired) electrons. The van der Waals surface area contributed by atoms with Crippen LogP contribution in [0.4, 0.5) is 0 Å². The molecule has 0 aliphatic carbocycles. The zero-order valence-corrected chi connectivity index (χ0v) is 11.3. The van der Waals surface area contributed by atoms with Crippen molar-refractivity contribution in [3.05, 3.63) is 28.8 Å². The van der Waals surface area contributed by atoms with Crippen molar-refractivity contribution in [3.63, 3.8) is 0 Å². The molecule has 0 saturated heterocycles. The molecule has 1 aromatic rings. The van der Waals surface area contributed by atoms with Crippen molar-refractivity contribution in [1.82, 2.24) is 0 Å². The Labute approximate surface area is 114 Å². The highest BCUT2D eigenvalue weighted by atomic mass is 35.5. The summed E-state index contributed by atoms with van der Waals surface area (Å²) in [7, 11) is 1.29. The summed E-state index contributed by atoms with van der Waals surface area (Å²) in [4.78, 5) is 11.0. The van der Waals surface area contributed by atoms with Crippen molar-refractivity contribution in [1.29, 1.82) is 5.41 Å². The highest BCUT2D eigenvalue weighted by Gasteiger charge is 2.08. The number of ether oxygens (including phenoxy) is 2. The molecule has 7 heteroatoms. The number of esters is 1. The van der Waals surface area contributed by atoms with Gasteiger partial charge in [0.05, 0.1) is 7.11 Å². The number of hydrogen-bond donors (Lipinski definition) is 2. The fraction of sp³-hybridized carbons (Fsp3) is 0.273. The number of hydrogen-bond acceptors (Lipinski definition) is 5. The van der Waals surface area contributed by atoms with Gasteiger partial charge in [-0.1, -0.05) is 23.4 Å². The molecule has 0 atom stereocenters. The number of nitrogens with two attached hydrogens (primary N) is 1. The van der Waals surface area contributed by atoms with Crippen LogP contribution in [0.15, 0.2) is 18.2 Å². The van der Waals surface area contributed by atoms with Crippen LogP contribution >= 0.6 is 23.4 Å². The second kappa shape index (κ2) is 7.13. The molecule has 3 N–H and O–H groups in total. The van der Waals surface area contributed by atoms with E-state index in [0.29, 0.717) is 16.5 Å². The van der Waals surface area contributed by atoms with Crippen LogP contribution in [0, 0.1) is 5.41 Å². The average molecular weight is 289 g/mol. The lowest BCUT2D eigenvalue weighted by molar-refractivity contribution is -0.142. The molecule has 1 rings (SSSR count). The minimum atomic E-state index is -0.463. The molecule has 0 aromatic heterocycles. The summed E-state index contributed by atoms with van der Waals surface area (Å²) < 4.78 is 9.80. The molecule has 0 aliphatic heterocycles. The van der Waals surface area contributed by atoms with E-state index >= 15 is 0 Å². The number of benzene rings is 1. The number of carbonyl (C=O) groups is 1. The van der Waals surface area contributed by atoms with E-state index in [9.17, 15) is 4.79 Å². The van der Waals surface area contributed by atoms with Gasteiger partial charge >= 0.3 is 5.97 Å². The molecular weight excluding hydrogens is 276 g/mol. The first kappa shape index (κ1) is 14.7. The minimum absolute atomic E-state index is 0.00823. The van der Waals surface area contributed by atoms with Crippen molar-refractivity contribution in [2.24, 2.45) is 5.73 Å². The summed E-state index contributed by atoms with van der Waals surface area (Å²) in [6.45, 7) is -0.171. The Hall–Kier alpha value is -1.40. The van der Waals surface area contributed by atoms with Crippen LogP contribution in [-0.2, 0) is 15.3 Å². The Morgan fingerprint density at radius 3 is 2.89 bits per heavy atom. The second-order valence-corrected chi connectivity index (χ2v) is 4.72. The van der Waals surface area contributed by atoms with E-state index in [1.54, 1.807) is 18.2 Å². The van der Waals surface area contributed by atoms with Crippen LogP contribution in [-0.4, -0.2) is 24.9 Å². The van der Waals surface area contributed by atoms with Gasteiger partial charge < -0.3 is 15.2 Å². The molecule has 5 nitrogen and oxygen atoms in total. The monoisotopic (exact) mass is 288 g/mol. The van der Waals surface area contributed by atoms with Gasteiger partial charge in [0.2, 0.25) is 0 Å². The first-order valence-electron chi connectivity index (χ1n) is 4.97. The number of halogens is 1. The Balaban J connectivity index is 2.75. The van der Waals surface area contributed by atoms with Crippen LogP contribution in [0.1, 0.15) is 5.56 Å². The maximum atomic E-state index is 11.0. The summed E-state index contributed by atoms with van der Waals surface area (Å²) in [6.07, 6.45) is 0. The summed E-state index contributed by atoms with van der Waals surface area (Å²) >= 11 is 7.03. The molecule has 0 aliphatic rings. The number of rotatable bonds is 5. The third-order valence-electron chi connectivity index (χ3n) is 1.98. The molecule has 0 fully saturated rings. The van der Waals surface area contributed by atoms with Crippen molar-refractivity contribution < 1.29 is 14.3 Å². The van der Waals surface area contributed by atoms with Gasteiger partial charge in [-0.2, -0.15) is 0 Å². The van der Waals surface area contributed by atoms with E-state index in [0.717, 1.165) is 17.3 Å². The maximum absolute atomic E-state index is 11.0. The van der Waals surface area contributed by atoms with Crippen LogP contribution < -0.4 is 10.5 Å². The van der Waals surface area contributed by atoms with Crippen LogP contribution in [0.25, 0.3) is 0 Å². The summed E-state index contributed by atoms with van der Waals surface area (Å²) in [6, 6.07) is 5.04. The Morgan fingerprint density at radius 1 is 1.56 bits per heavy atom. The van der Waals surface area contributed by atoms with E-state index < -0.39 is 5.97 Å². The SMILES string of the molecule is COC(=O)COc1ccc(Cl)cc1CSC(=N)N. The van der Waals surface area contributed by atoms with Crippen molar-refractivity contribution in [3.8, 4) is 5.75 Å². The van der Waals surface area contributed by atoms with Crippen molar-refractivity contribution in [2.45, 2.75) is 5.75 Å². The van der Waals surface area contributed by atoms with Gasteiger partial charge in [-0.25, -0.2) is 4.79 Å². The number of nitrogens with one attached hydrogen (secondary N) is 1. The van der Waals surface area contributed by atoms with Crippen LogP contribution in [0.5, 0.6) is 5.75 Å². The van der Waals surface area contributed by atoms with Gasteiger partial charge in [-0.15, -0.1) is 0 Å². The van der Waals surface area contributed by atoms with E-state index in [-0.39, 0.29) is 11.8 Å². The van der Waals surface area contributed by atoms with Gasteiger partial charge in [0.25, 0.3) is 0 Å². The first-order valence-corrected chi connectivity index (χ1v) is 6.34. The molecule has 98 valence electrons. The zero-order valence-electron chi connectivity index (χ0n) is 9.73. The molecule has 0 saturated carbocycles. The maximum Gasteiger partial charge on any atom is 0.343 e. The van der Waals surface area contributed by atoms with Gasteiger partial charge in [-0.3, -0.25) is 5.41 Å². The van der Waals surface area contributed by atoms with Crippen molar-refractivity contribution in [2.75, 3.05) is 13.7 Å². The average Bonchev–Trinajstić information content (AvgIpc) is 2.34. The molecule has 0 amide bonds. The molecular formula is C11H13ClN2O3S. The van der Waals surface area contributed by atoms with E-state index in [2.05, 4.69) is 4.74 Å². The quantitative estimate of drug-likeness (QED) is 0.492. The van der Waals surface area contributed by atoms with E-state index in [1.807, 2.05) is 0 Å². The lowest BCUT2D eigenvalue weighted by Crippen LogP contribution is -2.13. The Morgan fingerprint density at radius 2 is 2.28 bits per heavy atom. The highest BCUT2D eigenvalue weighted by molar-refractivity contribution is 8.13. The Bertz CT molecular complexity index is 454. The predicted octanol–water partition coefficient (Wildman–Crippen LogP) is 2.02. The fourth-order valence-corrected chi connectivity index (χ4v) is 1.88. The van der Waals surface area contributed by atoms with E-state index in [1.165, 1.54) is 7.11 Å². The topological polar surface area (TPSA) is 85.4 Å². The van der Waals surface area contributed by atoms with Gasteiger partial charge in [0.1, 0.15) is 5.75 Å². The Kier molecular flexibility index (Phi) is 5.80. The molecule has 0 unspecified atom stereocenters. The first-order chi connectivity index (χ1) is 8.52. The van der Waals surface area contributed by atoms with Crippen molar-refractivity contribution >= 4 is 34.5 Å². The number of carbonyl (C=O) groups excluding carboxylic acids is 1. The zero-order chi connectivity index (χ0) is 13.5. The molecule has 0 heterocycles. The van der Waals surface area contributed by atoms with Crippen LogP contribution in [0.3, 0.4) is 0 Å². The number of methoxy groups -OCH3 is 1. The largest absolute Gasteiger partial charge is 0.482 e. The molecule has 18 heavy (non-hydrogen) atoms. The third-order valence-corrected chi connectivity index (χ3v) is 2.98. The minimum Gasteiger partial charge on any atom is -0.482 e. The number of amidine groups is 1. The number of thioether (sulfide) groups is 1. The van der Waals surface area contributed by atoms with Gasteiger partial charge in [-0.05, 0) is 18.2 Å².